The second kappa shape index (κ2) is 10.1. The molecule has 11 heteroatoms. The molecular formula is C23H23F2N7O2. The van der Waals surface area contributed by atoms with Gasteiger partial charge in [0.05, 0.1) is 31.6 Å². The van der Waals surface area contributed by atoms with Crippen molar-refractivity contribution in [2.45, 2.75) is 6.54 Å². The lowest BCUT2D eigenvalue weighted by molar-refractivity contribution is 0.0398. The maximum atomic E-state index is 14.4. The van der Waals surface area contributed by atoms with Crippen molar-refractivity contribution >= 4 is 5.82 Å². The number of hydrogen-bond acceptors (Lipinski definition) is 8. The lowest BCUT2D eigenvalue weighted by atomic mass is 10.2. The van der Waals surface area contributed by atoms with Crippen LogP contribution in [0.3, 0.4) is 0 Å². The molecule has 0 amide bonds. The molecule has 4 heterocycles. The van der Waals surface area contributed by atoms with E-state index in [1.165, 1.54) is 12.3 Å². The molecule has 5 rings (SSSR count). The van der Waals surface area contributed by atoms with Gasteiger partial charge in [-0.3, -0.25) is 9.58 Å². The minimum absolute atomic E-state index is 0.102. The molecule has 1 fully saturated rings. The number of nitrogens with zero attached hydrogens (tertiary/aromatic N) is 6. The van der Waals surface area contributed by atoms with Crippen molar-refractivity contribution in [2.75, 3.05) is 44.7 Å². The van der Waals surface area contributed by atoms with Crippen molar-refractivity contribution in [1.29, 1.82) is 0 Å². The van der Waals surface area contributed by atoms with E-state index in [9.17, 15) is 8.78 Å². The van der Waals surface area contributed by atoms with E-state index < -0.39 is 5.82 Å². The van der Waals surface area contributed by atoms with Crippen molar-refractivity contribution in [2.24, 2.45) is 0 Å². The third-order valence-electron chi connectivity index (χ3n) is 5.56. The van der Waals surface area contributed by atoms with Gasteiger partial charge < -0.3 is 14.6 Å². The standard InChI is InChI=1S/C23H23F2N7O2/c24-17-4-2-1-3-16(17)15-32-21(19-5-10-34-30-19)13-20(29-32)23-27-14-18(25)22(28-23)26-6-7-31-8-11-33-12-9-31/h1-5,10,13-14H,6-9,11-12,15H2,(H,26,27,28). The minimum Gasteiger partial charge on any atom is -0.379 e. The van der Waals surface area contributed by atoms with Crippen molar-refractivity contribution in [3.05, 3.63) is 66.1 Å². The van der Waals surface area contributed by atoms with Gasteiger partial charge in [0, 0.05) is 37.8 Å². The number of ether oxygens (including phenoxy) is 1. The fraction of sp³-hybridized carbons (Fsp3) is 0.304. The van der Waals surface area contributed by atoms with Crippen LogP contribution in [0, 0.1) is 11.6 Å². The molecular weight excluding hydrogens is 444 g/mol. The zero-order chi connectivity index (χ0) is 23.3. The van der Waals surface area contributed by atoms with Crippen LogP contribution in [0.15, 0.2) is 53.4 Å². The molecule has 0 aliphatic carbocycles. The first kappa shape index (κ1) is 22.1. The molecule has 1 N–H and O–H groups in total. The summed E-state index contributed by atoms with van der Waals surface area (Å²) in [5, 5.41) is 11.6. The van der Waals surface area contributed by atoms with Crippen LogP contribution in [-0.4, -0.2) is 69.2 Å². The van der Waals surface area contributed by atoms with Gasteiger partial charge in [0.15, 0.2) is 17.5 Å². The molecule has 4 aromatic rings. The van der Waals surface area contributed by atoms with Gasteiger partial charge in [-0.2, -0.15) is 5.10 Å². The van der Waals surface area contributed by atoms with E-state index in [0.29, 0.717) is 42.4 Å². The Balaban J connectivity index is 1.39. The van der Waals surface area contributed by atoms with Gasteiger partial charge in [0.2, 0.25) is 0 Å². The van der Waals surface area contributed by atoms with Crippen LogP contribution in [0.25, 0.3) is 22.9 Å². The predicted octanol–water partition coefficient (Wildman–Crippen LogP) is 3.07. The Bertz CT molecular complexity index is 1240. The Kier molecular flexibility index (Phi) is 6.54. The normalized spacial score (nSPS) is 14.4. The van der Waals surface area contributed by atoms with E-state index in [-0.39, 0.29) is 24.0 Å². The molecule has 0 bridgehead atoms. The lowest BCUT2D eigenvalue weighted by Crippen LogP contribution is -2.39. The fourth-order valence-corrected chi connectivity index (χ4v) is 3.76. The predicted molar refractivity (Wildman–Crippen MR) is 120 cm³/mol. The second-order valence-electron chi connectivity index (χ2n) is 7.82. The quantitative estimate of drug-likeness (QED) is 0.423. The average Bonchev–Trinajstić information content (AvgIpc) is 3.53. The van der Waals surface area contributed by atoms with Gasteiger partial charge in [0.25, 0.3) is 0 Å². The first-order chi connectivity index (χ1) is 16.7. The molecule has 0 unspecified atom stereocenters. The summed E-state index contributed by atoms with van der Waals surface area (Å²) >= 11 is 0. The highest BCUT2D eigenvalue weighted by molar-refractivity contribution is 5.63. The number of halogens is 2. The van der Waals surface area contributed by atoms with Gasteiger partial charge >= 0.3 is 0 Å². The number of morpholine rings is 1. The summed E-state index contributed by atoms with van der Waals surface area (Å²) in [5.41, 5.74) is 2.00. The van der Waals surface area contributed by atoms with Gasteiger partial charge in [-0.1, -0.05) is 23.4 Å². The van der Waals surface area contributed by atoms with Crippen LogP contribution >= 0.6 is 0 Å². The summed E-state index contributed by atoms with van der Waals surface area (Å²) in [7, 11) is 0. The van der Waals surface area contributed by atoms with Gasteiger partial charge in [-0.15, -0.1) is 0 Å². The third-order valence-corrected chi connectivity index (χ3v) is 5.56. The summed E-state index contributed by atoms with van der Waals surface area (Å²) in [6.45, 7) is 4.55. The van der Waals surface area contributed by atoms with Gasteiger partial charge in [-0.25, -0.2) is 18.7 Å². The smallest absolute Gasteiger partial charge is 0.183 e. The number of nitrogens with one attached hydrogen (secondary N) is 1. The van der Waals surface area contributed by atoms with Crippen LogP contribution in [0.4, 0.5) is 14.6 Å². The van der Waals surface area contributed by atoms with Crippen molar-refractivity contribution < 1.29 is 18.0 Å². The van der Waals surface area contributed by atoms with Crippen LogP contribution in [0.2, 0.25) is 0 Å². The summed E-state index contributed by atoms with van der Waals surface area (Å²) in [6, 6.07) is 9.89. The van der Waals surface area contributed by atoms with E-state index in [2.05, 4.69) is 30.4 Å². The van der Waals surface area contributed by atoms with E-state index >= 15 is 0 Å². The van der Waals surface area contributed by atoms with Gasteiger partial charge in [-0.05, 0) is 12.1 Å². The van der Waals surface area contributed by atoms with Crippen molar-refractivity contribution in [3.63, 3.8) is 0 Å². The van der Waals surface area contributed by atoms with Crippen molar-refractivity contribution in [1.82, 2.24) is 29.8 Å². The highest BCUT2D eigenvalue weighted by atomic mass is 19.1. The lowest BCUT2D eigenvalue weighted by Gasteiger charge is -2.26. The summed E-state index contributed by atoms with van der Waals surface area (Å²) in [4.78, 5) is 10.7. The Labute approximate surface area is 194 Å². The van der Waals surface area contributed by atoms with Crippen LogP contribution < -0.4 is 5.32 Å². The highest BCUT2D eigenvalue weighted by Crippen LogP contribution is 2.26. The average molecular weight is 467 g/mol. The molecule has 34 heavy (non-hydrogen) atoms. The first-order valence-electron chi connectivity index (χ1n) is 11.0. The Hall–Kier alpha value is -3.70. The maximum absolute atomic E-state index is 14.4. The van der Waals surface area contributed by atoms with Crippen LogP contribution in [0.1, 0.15) is 5.56 Å². The number of hydrogen-bond donors (Lipinski definition) is 1. The topological polar surface area (TPSA) is 94.1 Å². The number of benzene rings is 1. The van der Waals surface area contributed by atoms with Crippen LogP contribution in [0.5, 0.6) is 0 Å². The summed E-state index contributed by atoms with van der Waals surface area (Å²) < 4.78 is 40.6. The number of anilines is 1. The molecule has 0 saturated carbocycles. The molecule has 9 nitrogen and oxygen atoms in total. The molecule has 0 atom stereocenters. The summed E-state index contributed by atoms with van der Waals surface area (Å²) in [6.07, 6.45) is 2.56. The Morgan fingerprint density at radius 3 is 2.68 bits per heavy atom. The molecule has 1 saturated heterocycles. The first-order valence-corrected chi connectivity index (χ1v) is 11.0. The van der Waals surface area contributed by atoms with Gasteiger partial charge in [0.1, 0.15) is 23.5 Å². The van der Waals surface area contributed by atoms with Crippen molar-refractivity contribution in [3.8, 4) is 22.9 Å². The Morgan fingerprint density at radius 1 is 1.03 bits per heavy atom. The van der Waals surface area contributed by atoms with Crippen LogP contribution in [-0.2, 0) is 11.3 Å². The second-order valence-corrected chi connectivity index (χ2v) is 7.82. The number of rotatable bonds is 8. The molecule has 176 valence electrons. The fourth-order valence-electron chi connectivity index (χ4n) is 3.76. The summed E-state index contributed by atoms with van der Waals surface area (Å²) in [5.74, 6) is -0.541. The minimum atomic E-state index is -0.548. The molecule has 3 aromatic heterocycles. The SMILES string of the molecule is Fc1ccccc1Cn1nc(-c2ncc(F)c(NCCN3CCOCC3)n2)cc1-c1ccon1. The van der Waals surface area contributed by atoms with E-state index in [4.69, 9.17) is 9.26 Å². The molecule has 1 aromatic carbocycles. The zero-order valence-corrected chi connectivity index (χ0v) is 18.3. The zero-order valence-electron chi connectivity index (χ0n) is 18.3. The third kappa shape index (κ3) is 4.95. The number of aromatic nitrogens is 5. The van der Waals surface area contributed by atoms with E-state index in [0.717, 1.165) is 25.8 Å². The largest absolute Gasteiger partial charge is 0.379 e. The molecule has 0 spiro atoms. The van der Waals surface area contributed by atoms with E-state index in [1.807, 2.05) is 0 Å². The Morgan fingerprint density at radius 2 is 1.88 bits per heavy atom. The maximum Gasteiger partial charge on any atom is 0.183 e. The highest BCUT2D eigenvalue weighted by Gasteiger charge is 2.18. The molecule has 1 aliphatic rings. The van der Waals surface area contributed by atoms with E-state index in [1.54, 1.807) is 35.0 Å². The monoisotopic (exact) mass is 467 g/mol. The molecule has 0 radical (unpaired) electrons. The molecule has 1 aliphatic heterocycles.